The molecule has 0 aromatic carbocycles. The van der Waals surface area contributed by atoms with E-state index in [-0.39, 0.29) is 11.1 Å². The van der Waals surface area contributed by atoms with Crippen molar-refractivity contribution in [2.45, 2.75) is 13.8 Å². The molecule has 0 N–H and O–H groups in total. The molecule has 0 heterocycles. The molecule has 0 aromatic heterocycles. The molecule has 0 spiro atoms. The molecule has 0 fully saturated rings. The highest BCUT2D eigenvalue weighted by Crippen LogP contribution is 1.98. The Morgan fingerprint density at radius 2 is 1.20 bits per heavy atom. The number of carbonyl (C=O) groups excluding carboxylic acids is 4. The van der Waals surface area contributed by atoms with Gasteiger partial charge in [0.1, 0.15) is 0 Å². The first-order chi connectivity index (χ1) is 7.02. The van der Waals surface area contributed by atoms with Crippen LogP contribution in [0, 0.1) is 0 Å². The minimum absolute atomic E-state index is 0.193. The molecule has 15 heavy (non-hydrogen) atoms. The summed E-state index contributed by atoms with van der Waals surface area (Å²) in [6, 6.07) is 0. The van der Waals surface area contributed by atoms with E-state index in [4.69, 9.17) is 0 Å². The number of hydrogen-bond acceptors (Lipinski definition) is 5. The lowest BCUT2D eigenvalue weighted by atomic mass is 10.3. The quantitative estimate of drug-likeness (QED) is 0.207. The van der Waals surface area contributed by atoms with Crippen molar-refractivity contribution >= 4 is 23.8 Å². The van der Waals surface area contributed by atoms with Crippen LogP contribution in [0.2, 0.25) is 0 Å². The number of rotatable bonds is 2. The van der Waals surface area contributed by atoms with E-state index < -0.39 is 11.9 Å². The Labute approximate surface area is 85.0 Å². The molecule has 0 saturated heterocycles. The van der Waals surface area contributed by atoms with Gasteiger partial charge in [-0.1, -0.05) is 0 Å². The number of carbonyl (C=O) groups is 2. The largest absolute Gasteiger partial charge is 0.385 e. The maximum absolute atomic E-state index is 11.0. The van der Waals surface area contributed by atoms with E-state index in [1.54, 1.807) is 0 Å². The van der Waals surface area contributed by atoms with Crippen molar-refractivity contribution < 1.29 is 23.9 Å². The predicted octanol–water partition coefficient (Wildman–Crippen LogP) is -0.0778. The average Bonchev–Trinajstić information content (AvgIpc) is 2.18. The van der Waals surface area contributed by atoms with Crippen molar-refractivity contribution in [3.8, 4) is 0 Å². The summed E-state index contributed by atoms with van der Waals surface area (Å²) in [4.78, 5) is 41.6. The molecule has 5 heteroatoms. The molecule has 0 aliphatic heterocycles. The molecule has 0 rings (SSSR count). The Kier molecular flexibility index (Phi) is 5.14. The first-order valence-electron chi connectivity index (χ1n) is 3.72. The summed E-state index contributed by atoms with van der Waals surface area (Å²) in [6.45, 7) is 2.46. The second-order valence-electron chi connectivity index (χ2n) is 2.38. The normalized spacial score (nSPS) is 7.33. The molecule has 0 atom stereocenters. The molecule has 76 valence electrons. The Morgan fingerprint density at radius 3 is 1.47 bits per heavy atom. The molecule has 0 aliphatic carbocycles. The summed E-state index contributed by atoms with van der Waals surface area (Å²) in [5.41, 5.74) is 3.41. The van der Waals surface area contributed by atoms with Gasteiger partial charge in [-0.15, -0.1) is 0 Å². The minimum Gasteiger partial charge on any atom is -0.385 e. The summed E-state index contributed by atoms with van der Waals surface area (Å²) in [5, 5.41) is 0. The van der Waals surface area contributed by atoms with E-state index in [1.807, 2.05) is 11.5 Å². The van der Waals surface area contributed by atoms with Crippen LogP contribution in [0.1, 0.15) is 13.8 Å². The van der Waals surface area contributed by atoms with Gasteiger partial charge in [0.05, 0.1) is 11.1 Å². The molecular formula is C10H6O5. The third kappa shape index (κ3) is 4.39. The van der Waals surface area contributed by atoms with Gasteiger partial charge in [0.15, 0.2) is 11.9 Å². The third-order valence-corrected chi connectivity index (χ3v) is 1.27. The third-order valence-electron chi connectivity index (χ3n) is 1.27. The smallest absolute Gasteiger partial charge is 0.350 e. The van der Waals surface area contributed by atoms with Gasteiger partial charge < -0.3 is 4.74 Å². The number of hydrogen-bond donors (Lipinski definition) is 0. The highest BCUT2D eigenvalue weighted by Gasteiger charge is 2.13. The van der Waals surface area contributed by atoms with Crippen molar-refractivity contribution in [3.05, 3.63) is 22.6 Å². The predicted molar refractivity (Wildman–Crippen MR) is 47.9 cm³/mol. The van der Waals surface area contributed by atoms with Gasteiger partial charge in [-0.05, 0) is 25.3 Å². The molecule has 5 nitrogen and oxygen atoms in total. The van der Waals surface area contributed by atoms with E-state index in [9.17, 15) is 19.2 Å². The van der Waals surface area contributed by atoms with Gasteiger partial charge in [-0.3, -0.25) is 0 Å². The van der Waals surface area contributed by atoms with Crippen molar-refractivity contribution in [1.82, 2.24) is 0 Å². The van der Waals surface area contributed by atoms with Crippen LogP contribution in [0.25, 0.3) is 0 Å². The van der Waals surface area contributed by atoms with Crippen LogP contribution in [-0.2, 0) is 23.9 Å². The number of ether oxygens (including phenoxy) is 1. The fourth-order valence-electron chi connectivity index (χ4n) is 0.492. The Morgan fingerprint density at radius 1 is 0.867 bits per heavy atom. The molecule has 0 unspecified atom stereocenters. The van der Waals surface area contributed by atoms with Crippen LogP contribution in [-0.4, -0.2) is 23.8 Å². The van der Waals surface area contributed by atoms with Gasteiger partial charge in [0.25, 0.3) is 0 Å². The first-order valence-corrected chi connectivity index (χ1v) is 3.72. The standard InChI is InChI=1S/C10H6O5/c1-7(3-5-11)9(13)15-10(14)8(2)4-6-12/h1-2H3. The van der Waals surface area contributed by atoms with Gasteiger partial charge in [0, 0.05) is 0 Å². The molecule has 0 saturated carbocycles. The zero-order chi connectivity index (χ0) is 11.8. The van der Waals surface area contributed by atoms with Crippen molar-refractivity contribution in [2.75, 3.05) is 0 Å². The van der Waals surface area contributed by atoms with Crippen LogP contribution in [0.4, 0.5) is 0 Å². The molecule has 0 aromatic rings. The first kappa shape index (κ1) is 12.6. The summed E-state index contributed by atoms with van der Waals surface area (Å²) < 4.78 is 4.24. The maximum atomic E-state index is 11.0. The second kappa shape index (κ2) is 6.11. The summed E-state index contributed by atoms with van der Waals surface area (Å²) in [7, 11) is 0. The molecule has 0 radical (unpaired) electrons. The fraction of sp³-hybridized carbons (Fsp3) is 0.200. The van der Waals surface area contributed by atoms with E-state index in [1.165, 1.54) is 25.7 Å². The molecule has 0 amide bonds. The van der Waals surface area contributed by atoms with E-state index in [2.05, 4.69) is 4.74 Å². The SMILES string of the molecule is CC(=C=C=O)C(=O)OC(=O)C(C)=C=C=O. The highest BCUT2D eigenvalue weighted by molar-refractivity contribution is 6.01. The van der Waals surface area contributed by atoms with Gasteiger partial charge >= 0.3 is 11.9 Å². The van der Waals surface area contributed by atoms with Gasteiger partial charge in [0.2, 0.25) is 0 Å². The lowest BCUT2D eigenvalue weighted by molar-refractivity contribution is -0.153. The molecular weight excluding hydrogens is 200 g/mol. The number of esters is 2. The maximum Gasteiger partial charge on any atom is 0.350 e. The van der Waals surface area contributed by atoms with Gasteiger partial charge in [-0.25, -0.2) is 19.2 Å². The Balaban J connectivity index is 4.80. The van der Waals surface area contributed by atoms with E-state index in [0.717, 1.165) is 0 Å². The van der Waals surface area contributed by atoms with Crippen LogP contribution in [0.15, 0.2) is 22.6 Å². The average molecular weight is 206 g/mol. The zero-order valence-electron chi connectivity index (χ0n) is 8.04. The molecule has 0 aliphatic rings. The van der Waals surface area contributed by atoms with E-state index in [0.29, 0.717) is 0 Å². The lowest BCUT2D eigenvalue weighted by Crippen LogP contribution is -2.13. The van der Waals surface area contributed by atoms with Crippen LogP contribution in [0.3, 0.4) is 0 Å². The second-order valence-corrected chi connectivity index (χ2v) is 2.38. The summed E-state index contributed by atoms with van der Waals surface area (Å²) in [6.07, 6.45) is 0. The van der Waals surface area contributed by atoms with Crippen molar-refractivity contribution in [2.24, 2.45) is 0 Å². The van der Waals surface area contributed by atoms with E-state index >= 15 is 0 Å². The van der Waals surface area contributed by atoms with Gasteiger partial charge in [-0.2, -0.15) is 0 Å². The minimum atomic E-state index is -1.03. The summed E-state index contributed by atoms with van der Waals surface area (Å²) in [5.74, 6) is 0.420. The van der Waals surface area contributed by atoms with Crippen LogP contribution in [0.5, 0.6) is 0 Å². The topological polar surface area (TPSA) is 77.5 Å². The Bertz CT molecular complexity index is 416. The Hall–Kier alpha value is -2.40. The summed E-state index contributed by atoms with van der Waals surface area (Å²) >= 11 is 0. The fourth-order valence-corrected chi connectivity index (χ4v) is 0.492. The highest BCUT2D eigenvalue weighted by atomic mass is 16.6. The van der Waals surface area contributed by atoms with Crippen LogP contribution >= 0.6 is 0 Å². The van der Waals surface area contributed by atoms with Crippen molar-refractivity contribution in [1.29, 1.82) is 0 Å². The molecule has 0 bridgehead atoms. The van der Waals surface area contributed by atoms with Crippen LogP contribution < -0.4 is 0 Å². The monoisotopic (exact) mass is 206 g/mol. The lowest BCUT2D eigenvalue weighted by Gasteiger charge is -1.98. The van der Waals surface area contributed by atoms with Crippen molar-refractivity contribution in [3.63, 3.8) is 0 Å². The zero-order valence-corrected chi connectivity index (χ0v) is 8.04.